The van der Waals surface area contributed by atoms with E-state index in [0.29, 0.717) is 5.69 Å². The minimum absolute atomic E-state index is 0.0486. The lowest BCUT2D eigenvalue weighted by Gasteiger charge is -2.52. The number of carbonyl (C=O) groups is 1. The van der Waals surface area contributed by atoms with Gasteiger partial charge in [-0.1, -0.05) is 6.42 Å². The van der Waals surface area contributed by atoms with Crippen LogP contribution < -0.4 is 4.90 Å². The van der Waals surface area contributed by atoms with Gasteiger partial charge in [-0.15, -0.1) is 0 Å². The van der Waals surface area contributed by atoms with Gasteiger partial charge < -0.3 is 9.80 Å². The molecular formula is C20H29N5O. The topological polar surface area (TPSA) is 52.6 Å². The molecule has 1 amide bonds. The summed E-state index contributed by atoms with van der Waals surface area (Å²) in [5.41, 5.74) is 0.513. The molecule has 26 heavy (non-hydrogen) atoms. The van der Waals surface area contributed by atoms with Crippen molar-refractivity contribution >= 4 is 11.7 Å². The van der Waals surface area contributed by atoms with Gasteiger partial charge in [0.05, 0.1) is 12.4 Å². The van der Waals surface area contributed by atoms with Crippen molar-refractivity contribution in [3.05, 3.63) is 18.1 Å². The van der Waals surface area contributed by atoms with Gasteiger partial charge in [-0.2, -0.15) is 0 Å². The summed E-state index contributed by atoms with van der Waals surface area (Å²) in [5, 5.41) is 0. The maximum absolute atomic E-state index is 12.7. The number of carbonyl (C=O) groups excluding carboxylic acids is 1. The highest BCUT2D eigenvalue weighted by molar-refractivity contribution is 5.92. The van der Waals surface area contributed by atoms with Crippen molar-refractivity contribution in [1.29, 1.82) is 0 Å². The number of likely N-dealkylation sites (tertiary alicyclic amines) is 1. The molecule has 0 aromatic carbocycles. The monoisotopic (exact) mass is 355 g/mol. The lowest BCUT2D eigenvalue weighted by Crippen LogP contribution is -2.59. The Hall–Kier alpha value is -1.69. The molecule has 4 fully saturated rings. The normalized spacial score (nSPS) is 31.8. The Balaban J connectivity index is 1.34. The number of hydrogen-bond donors (Lipinski definition) is 0. The van der Waals surface area contributed by atoms with E-state index < -0.39 is 0 Å². The van der Waals surface area contributed by atoms with Crippen molar-refractivity contribution in [1.82, 2.24) is 19.8 Å². The van der Waals surface area contributed by atoms with E-state index in [9.17, 15) is 4.79 Å². The molecule has 0 N–H and O–H groups in total. The van der Waals surface area contributed by atoms with Gasteiger partial charge >= 0.3 is 0 Å². The van der Waals surface area contributed by atoms with Crippen LogP contribution in [0, 0.1) is 11.8 Å². The molecule has 5 rings (SSSR count). The number of rotatable bonds is 2. The summed E-state index contributed by atoms with van der Waals surface area (Å²) in [6.07, 6.45) is 11.1. The third-order valence-electron chi connectivity index (χ3n) is 6.83. The smallest absolute Gasteiger partial charge is 0.274 e. The summed E-state index contributed by atoms with van der Waals surface area (Å²) >= 11 is 0. The van der Waals surface area contributed by atoms with Gasteiger partial charge in [0.2, 0.25) is 0 Å². The Morgan fingerprint density at radius 3 is 2.73 bits per heavy atom. The van der Waals surface area contributed by atoms with E-state index in [4.69, 9.17) is 4.98 Å². The predicted octanol–water partition coefficient (Wildman–Crippen LogP) is 2.02. The average Bonchev–Trinajstić information content (AvgIpc) is 3.22. The van der Waals surface area contributed by atoms with Crippen molar-refractivity contribution < 1.29 is 4.79 Å². The van der Waals surface area contributed by atoms with E-state index in [0.717, 1.165) is 62.7 Å². The molecule has 0 aliphatic carbocycles. The summed E-state index contributed by atoms with van der Waals surface area (Å²) in [6, 6.07) is 0.755. The van der Waals surface area contributed by atoms with Gasteiger partial charge in [0, 0.05) is 38.8 Å². The zero-order valence-corrected chi connectivity index (χ0v) is 15.5. The Kier molecular flexibility index (Phi) is 4.31. The maximum Gasteiger partial charge on any atom is 0.274 e. The van der Waals surface area contributed by atoms with Crippen LogP contribution in [-0.4, -0.2) is 71.0 Å². The van der Waals surface area contributed by atoms with Crippen molar-refractivity contribution in [3.8, 4) is 0 Å². The quantitative estimate of drug-likeness (QED) is 0.812. The van der Waals surface area contributed by atoms with Crippen LogP contribution in [0.25, 0.3) is 0 Å². The summed E-state index contributed by atoms with van der Waals surface area (Å²) in [4.78, 5) is 28.8. The van der Waals surface area contributed by atoms with E-state index in [2.05, 4.69) is 14.8 Å². The Labute approximate surface area is 155 Å². The number of nitrogens with zero attached hydrogens (tertiary/aromatic N) is 5. The van der Waals surface area contributed by atoms with Crippen LogP contribution in [0.2, 0.25) is 0 Å². The first kappa shape index (κ1) is 16.5. The third kappa shape index (κ3) is 2.98. The highest BCUT2D eigenvalue weighted by Gasteiger charge is 2.42. The predicted molar refractivity (Wildman–Crippen MR) is 100 cm³/mol. The molecule has 4 aliphatic rings. The van der Waals surface area contributed by atoms with Gasteiger partial charge in [-0.05, 0) is 50.5 Å². The number of hydrogen-bond acceptors (Lipinski definition) is 5. The summed E-state index contributed by atoms with van der Waals surface area (Å²) < 4.78 is 0. The largest absolute Gasteiger partial charge is 0.355 e. The molecule has 0 unspecified atom stereocenters. The van der Waals surface area contributed by atoms with Gasteiger partial charge in [-0.3, -0.25) is 14.7 Å². The first-order valence-corrected chi connectivity index (χ1v) is 10.4. The molecule has 6 nitrogen and oxygen atoms in total. The number of piperidine rings is 3. The minimum Gasteiger partial charge on any atom is -0.355 e. The zero-order chi connectivity index (χ0) is 17.5. The first-order chi connectivity index (χ1) is 12.8. The second kappa shape index (κ2) is 6.80. The maximum atomic E-state index is 12.7. The first-order valence-electron chi connectivity index (χ1n) is 10.4. The van der Waals surface area contributed by atoms with E-state index in [1.807, 2.05) is 11.1 Å². The number of aromatic nitrogens is 2. The van der Waals surface area contributed by atoms with Crippen molar-refractivity contribution in [2.24, 2.45) is 11.8 Å². The lowest BCUT2D eigenvalue weighted by atomic mass is 9.76. The molecule has 3 atom stereocenters. The molecule has 1 aromatic heterocycles. The SMILES string of the molecule is O=C(c1cncc(N2C[C@@H]3C[C@H](C2)[C@@H]2CCCCN2C3)n1)N1CCCC1. The van der Waals surface area contributed by atoms with Crippen LogP contribution in [0.4, 0.5) is 5.82 Å². The second-order valence-corrected chi connectivity index (χ2v) is 8.59. The molecule has 1 aromatic rings. The van der Waals surface area contributed by atoms with Crippen molar-refractivity contribution in [2.45, 2.75) is 44.6 Å². The molecule has 4 aliphatic heterocycles. The number of fused-ring (bicyclic) bond motifs is 4. The standard InChI is InChI=1S/C20H29N5O/c26-20(23-6-3-4-7-23)17-10-21-11-19(22-17)25-13-15-9-16(14-25)18-5-1-2-8-24(18)12-15/h10-11,15-16,18H,1-9,12-14H2/t15-,16-,18+/m1/s1. The van der Waals surface area contributed by atoms with E-state index in [1.165, 1.54) is 38.8 Å². The third-order valence-corrected chi connectivity index (χ3v) is 6.83. The summed E-state index contributed by atoms with van der Waals surface area (Å²) in [5.74, 6) is 2.41. The highest BCUT2D eigenvalue weighted by Crippen LogP contribution is 2.38. The fourth-order valence-corrected chi connectivity index (χ4v) is 5.65. The Morgan fingerprint density at radius 2 is 1.85 bits per heavy atom. The molecule has 0 radical (unpaired) electrons. The van der Waals surface area contributed by atoms with E-state index in [1.54, 1.807) is 6.20 Å². The number of amides is 1. The fourth-order valence-electron chi connectivity index (χ4n) is 5.65. The van der Waals surface area contributed by atoms with Crippen LogP contribution in [-0.2, 0) is 0 Å². The fraction of sp³-hybridized carbons (Fsp3) is 0.750. The van der Waals surface area contributed by atoms with Crippen LogP contribution >= 0.6 is 0 Å². The molecule has 0 saturated carbocycles. The molecule has 2 bridgehead atoms. The second-order valence-electron chi connectivity index (χ2n) is 8.59. The molecule has 140 valence electrons. The molecule has 0 spiro atoms. The molecule has 4 saturated heterocycles. The van der Waals surface area contributed by atoms with Crippen LogP contribution in [0.15, 0.2) is 12.4 Å². The Bertz CT molecular complexity index is 674. The van der Waals surface area contributed by atoms with Crippen LogP contribution in [0.3, 0.4) is 0 Å². The van der Waals surface area contributed by atoms with Gasteiger partial charge in [0.15, 0.2) is 0 Å². The van der Waals surface area contributed by atoms with E-state index >= 15 is 0 Å². The Morgan fingerprint density at radius 1 is 1.00 bits per heavy atom. The summed E-state index contributed by atoms with van der Waals surface area (Å²) in [7, 11) is 0. The van der Waals surface area contributed by atoms with E-state index in [-0.39, 0.29) is 5.91 Å². The molecule has 5 heterocycles. The highest BCUT2D eigenvalue weighted by atomic mass is 16.2. The van der Waals surface area contributed by atoms with Gasteiger partial charge in [-0.25, -0.2) is 4.98 Å². The zero-order valence-electron chi connectivity index (χ0n) is 15.5. The van der Waals surface area contributed by atoms with Crippen LogP contribution in [0.5, 0.6) is 0 Å². The van der Waals surface area contributed by atoms with Gasteiger partial charge in [0.25, 0.3) is 5.91 Å². The summed E-state index contributed by atoms with van der Waals surface area (Å²) in [6.45, 7) is 6.35. The van der Waals surface area contributed by atoms with Crippen molar-refractivity contribution in [2.75, 3.05) is 44.2 Å². The average molecular weight is 355 g/mol. The number of anilines is 1. The van der Waals surface area contributed by atoms with Gasteiger partial charge in [0.1, 0.15) is 11.5 Å². The van der Waals surface area contributed by atoms with Crippen LogP contribution in [0.1, 0.15) is 49.0 Å². The van der Waals surface area contributed by atoms with Crippen molar-refractivity contribution in [3.63, 3.8) is 0 Å². The minimum atomic E-state index is 0.0486. The molecular weight excluding hydrogens is 326 g/mol. The lowest BCUT2D eigenvalue weighted by molar-refractivity contribution is 0.0184. The molecule has 6 heteroatoms.